The van der Waals surface area contributed by atoms with Crippen molar-refractivity contribution < 1.29 is 23.5 Å². The molecule has 0 fully saturated rings. The number of nitrogens with one attached hydrogen (secondary N) is 1. The zero-order valence-corrected chi connectivity index (χ0v) is 14.3. The maximum atomic E-state index is 13.4. The number of halogens is 1. The van der Waals surface area contributed by atoms with Crippen LogP contribution in [0.5, 0.6) is 0 Å². The molecule has 0 aliphatic heterocycles. The number of hydrogen-bond acceptors (Lipinski definition) is 5. The standard InChI is InChI=1S/C18H16FNO4S/c1-12(21)20-10-14-7-8-17(25-14)16(22)11-24-18(23)9-6-13-4-2-3-5-15(13)19/h2-9H,10-11H2,1H3,(H,20,21)/b9-6+. The van der Waals surface area contributed by atoms with E-state index in [1.165, 1.54) is 36.5 Å². The fourth-order valence-corrected chi connectivity index (χ4v) is 2.73. The third-order valence-corrected chi connectivity index (χ3v) is 4.22. The van der Waals surface area contributed by atoms with Crippen LogP contribution in [0.25, 0.3) is 6.08 Å². The molecule has 130 valence electrons. The first-order chi connectivity index (χ1) is 12.0. The molecule has 0 unspecified atom stereocenters. The minimum Gasteiger partial charge on any atom is -0.454 e. The second-order valence-electron chi connectivity index (χ2n) is 5.06. The number of rotatable bonds is 7. The zero-order valence-electron chi connectivity index (χ0n) is 13.5. The molecule has 1 N–H and O–H groups in total. The highest BCUT2D eigenvalue weighted by Gasteiger charge is 2.11. The van der Waals surface area contributed by atoms with Gasteiger partial charge < -0.3 is 10.1 Å². The van der Waals surface area contributed by atoms with Crippen molar-refractivity contribution in [3.63, 3.8) is 0 Å². The van der Waals surface area contributed by atoms with Crippen LogP contribution in [0.3, 0.4) is 0 Å². The van der Waals surface area contributed by atoms with Gasteiger partial charge in [0.25, 0.3) is 0 Å². The molecule has 0 atom stereocenters. The molecule has 1 aromatic heterocycles. The van der Waals surface area contributed by atoms with Crippen molar-refractivity contribution in [3.05, 3.63) is 63.6 Å². The number of benzene rings is 1. The Bertz CT molecular complexity index is 813. The maximum Gasteiger partial charge on any atom is 0.331 e. The molecule has 0 bridgehead atoms. The van der Waals surface area contributed by atoms with Crippen molar-refractivity contribution in [2.75, 3.05) is 6.61 Å². The predicted octanol–water partition coefficient (Wildman–Crippen LogP) is 2.96. The molecule has 0 radical (unpaired) electrons. The van der Waals surface area contributed by atoms with Crippen LogP contribution in [0.1, 0.15) is 27.0 Å². The van der Waals surface area contributed by atoms with E-state index >= 15 is 0 Å². The van der Waals surface area contributed by atoms with Gasteiger partial charge >= 0.3 is 5.97 Å². The minimum absolute atomic E-state index is 0.156. The van der Waals surface area contributed by atoms with E-state index in [2.05, 4.69) is 5.32 Å². The summed E-state index contributed by atoms with van der Waals surface area (Å²) in [6.45, 7) is 1.35. The van der Waals surface area contributed by atoms with Crippen LogP contribution in [-0.2, 0) is 20.9 Å². The Labute approximate surface area is 148 Å². The Morgan fingerprint density at radius 3 is 2.68 bits per heavy atom. The van der Waals surface area contributed by atoms with Crippen LogP contribution in [0.2, 0.25) is 0 Å². The Morgan fingerprint density at radius 2 is 1.96 bits per heavy atom. The van der Waals surface area contributed by atoms with E-state index in [9.17, 15) is 18.8 Å². The lowest BCUT2D eigenvalue weighted by molar-refractivity contribution is -0.136. The number of hydrogen-bond donors (Lipinski definition) is 1. The monoisotopic (exact) mass is 361 g/mol. The van der Waals surface area contributed by atoms with Crippen LogP contribution < -0.4 is 5.32 Å². The Hall–Kier alpha value is -2.80. The van der Waals surface area contributed by atoms with Gasteiger partial charge in [-0.3, -0.25) is 9.59 Å². The van der Waals surface area contributed by atoms with E-state index in [1.807, 2.05) is 0 Å². The first kappa shape index (κ1) is 18.5. The molecule has 5 nitrogen and oxygen atoms in total. The summed E-state index contributed by atoms with van der Waals surface area (Å²) in [4.78, 5) is 35.7. The van der Waals surface area contributed by atoms with Crippen molar-refractivity contribution >= 4 is 35.1 Å². The average Bonchev–Trinajstić information content (AvgIpc) is 3.06. The quantitative estimate of drug-likeness (QED) is 0.467. The van der Waals surface area contributed by atoms with Gasteiger partial charge in [0.1, 0.15) is 5.82 Å². The predicted molar refractivity (Wildman–Crippen MR) is 92.6 cm³/mol. The number of ketones is 1. The van der Waals surface area contributed by atoms with Crippen LogP contribution in [0, 0.1) is 5.82 Å². The maximum absolute atomic E-state index is 13.4. The van der Waals surface area contributed by atoms with Crippen molar-refractivity contribution in [1.29, 1.82) is 0 Å². The van der Waals surface area contributed by atoms with E-state index in [-0.39, 0.29) is 17.3 Å². The van der Waals surface area contributed by atoms with Gasteiger partial charge in [-0.25, -0.2) is 9.18 Å². The average molecular weight is 361 g/mol. The topological polar surface area (TPSA) is 72.5 Å². The summed E-state index contributed by atoms with van der Waals surface area (Å²) in [5.74, 6) is -1.68. The normalized spacial score (nSPS) is 10.6. The molecule has 0 aliphatic carbocycles. The summed E-state index contributed by atoms with van der Waals surface area (Å²) in [5, 5.41) is 2.64. The van der Waals surface area contributed by atoms with E-state index < -0.39 is 18.4 Å². The summed E-state index contributed by atoms with van der Waals surface area (Å²) in [5.41, 5.74) is 0.256. The lowest BCUT2D eigenvalue weighted by atomic mass is 10.2. The van der Waals surface area contributed by atoms with Crippen molar-refractivity contribution in [1.82, 2.24) is 5.32 Å². The molecule has 1 aromatic carbocycles. The van der Waals surface area contributed by atoms with Gasteiger partial charge in [0.15, 0.2) is 6.61 Å². The van der Waals surface area contributed by atoms with Gasteiger partial charge in [0.2, 0.25) is 11.7 Å². The number of thiophene rings is 1. The molecule has 0 saturated heterocycles. The summed E-state index contributed by atoms with van der Waals surface area (Å²) in [7, 11) is 0. The molecule has 1 amide bonds. The third-order valence-electron chi connectivity index (χ3n) is 3.10. The second-order valence-corrected chi connectivity index (χ2v) is 6.23. The molecule has 0 saturated carbocycles. The van der Waals surface area contributed by atoms with E-state index in [1.54, 1.807) is 24.3 Å². The van der Waals surface area contributed by atoms with E-state index in [0.29, 0.717) is 11.4 Å². The highest BCUT2D eigenvalue weighted by Crippen LogP contribution is 2.17. The molecular weight excluding hydrogens is 345 g/mol. The van der Waals surface area contributed by atoms with Gasteiger partial charge in [-0.05, 0) is 24.3 Å². The first-order valence-corrected chi connectivity index (χ1v) is 8.23. The lowest BCUT2D eigenvalue weighted by Crippen LogP contribution is -2.18. The molecule has 7 heteroatoms. The zero-order chi connectivity index (χ0) is 18.2. The molecule has 0 spiro atoms. The van der Waals surface area contributed by atoms with Gasteiger partial charge in [-0.1, -0.05) is 18.2 Å². The van der Waals surface area contributed by atoms with Gasteiger partial charge in [0, 0.05) is 23.4 Å². The smallest absolute Gasteiger partial charge is 0.331 e. The number of ether oxygens (including phenoxy) is 1. The fraction of sp³-hybridized carbons (Fsp3) is 0.167. The number of Topliss-reactive ketones (excluding diaryl/α,β-unsaturated/α-hetero) is 1. The molecular formula is C18H16FNO4S. The Kier molecular flexibility index (Phi) is 6.59. The Morgan fingerprint density at radius 1 is 1.20 bits per heavy atom. The summed E-state index contributed by atoms with van der Waals surface area (Å²) < 4.78 is 18.3. The van der Waals surface area contributed by atoms with Crippen molar-refractivity contribution in [2.45, 2.75) is 13.5 Å². The largest absolute Gasteiger partial charge is 0.454 e. The van der Waals surface area contributed by atoms with Crippen LogP contribution >= 0.6 is 11.3 Å². The van der Waals surface area contributed by atoms with Gasteiger partial charge in [0.05, 0.1) is 11.4 Å². The summed E-state index contributed by atoms with van der Waals surface area (Å²) in [6, 6.07) is 9.34. The molecule has 2 aromatic rings. The first-order valence-electron chi connectivity index (χ1n) is 7.41. The third kappa shape index (κ3) is 5.96. The summed E-state index contributed by atoms with van der Waals surface area (Å²) >= 11 is 1.22. The van der Waals surface area contributed by atoms with E-state index in [4.69, 9.17) is 4.74 Å². The molecule has 1 heterocycles. The Balaban J connectivity index is 1.84. The van der Waals surface area contributed by atoms with Crippen LogP contribution in [0.15, 0.2) is 42.5 Å². The van der Waals surface area contributed by atoms with Gasteiger partial charge in [-0.2, -0.15) is 0 Å². The lowest BCUT2D eigenvalue weighted by Gasteiger charge is -2.00. The highest BCUT2D eigenvalue weighted by atomic mass is 32.1. The SMILES string of the molecule is CC(=O)NCc1ccc(C(=O)COC(=O)/C=C/c2ccccc2F)s1. The molecule has 2 rings (SSSR count). The van der Waals surface area contributed by atoms with Crippen molar-refractivity contribution in [3.8, 4) is 0 Å². The molecule has 0 aliphatic rings. The van der Waals surface area contributed by atoms with Crippen LogP contribution in [-0.4, -0.2) is 24.3 Å². The van der Waals surface area contributed by atoms with E-state index in [0.717, 1.165) is 11.0 Å². The number of carbonyl (C=O) groups excluding carboxylic acids is 3. The highest BCUT2D eigenvalue weighted by molar-refractivity contribution is 7.14. The van der Waals surface area contributed by atoms with Crippen LogP contribution in [0.4, 0.5) is 4.39 Å². The number of amides is 1. The van der Waals surface area contributed by atoms with Gasteiger partial charge in [-0.15, -0.1) is 11.3 Å². The number of esters is 1. The summed E-state index contributed by atoms with van der Waals surface area (Å²) in [6.07, 6.45) is 2.36. The fourth-order valence-electron chi connectivity index (χ4n) is 1.86. The molecule has 25 heavy (non-hydrogen) atoms. The number of carbonyl (C=O) groups is 3. The van der Waals surface area contributed by atoms with Crippen molar-refractivity contribution in [2.24, 2.45) is 0 Å². The second kappa shape index (κ2) is 8.89. The minimum atomic E-state index is -0.730.